The van der Waals surface area contributed by atoms with Gasteiger partial charge in [-0.3, -0.25) is 4.79 Å². The number of hydrogen-bond donors (Lipinski definition) is 0. The monoisotopic (exact) mass is 396 g/mol. The Morgan fingerprint density at radius 3 is 2.54 bits per heavy atom. The average molecular weight is 397 g/mol. The van der Waals surface area contributed by atoms with E-state index in [0.29, 0.717) is 4.90 Å². The van der Waals surface area contributed by atoms with Gasteiger partial charge in [-0.15, -0.1) is 0 Å². The molecule has 0 N–H and O–H groups in total. The lowest BCUT2D eigenvalue weighted by Crippen LogP contribution is -2.48. The number of carbonyl (C=O) groups is 1. The van der Waals surface area contributed by atoms with Crippen molar-refractivity contribution in [3.8, 4) is 0 Å². The molecule has 0 saturated carbocycles. The van der Waals surface area contributed by atoms with Gasteiger partial charge in [-0.1, -0.05) is 18.2 Å². The lowest BCUT2D eigenvalue weighted by atomic mass is 10.2. The van der Waals surface area contributed by atoms with Crippen molar-refractivity contribution >= 4 is 27.5 Å². The third kappa shape index (κ3) is 5.24. The van der Waals surface area contributed by atoms with Crippen molar-refractivity contribution in [2.24, 2.45) is 0 Å². The highest BCUT2D eigenvalue weighted by Crippen LogP contribution is 2.21. The van der Waals surface area contributed by atoms with E-state index in [1.807, 2.05) is 16.7 Å². The van der Waals surface area contributed by atoms with Crippen molar-refractivity contribution in [2.45, 2.75) is 36.6 Å². The molecule has 2 aliphatic rings. The van der Waals surface area contributed by atoms with Gasteiger partial charge >= 0.3 is 0 Å². The van der Waals surface area contributed by atoms with Gasteiger partial charge in [0.25, 0.3) is 0 Å². The van der Waals surface area contributed by atoms with Crippen LogP contribution in [0.2, 0.25) is 0 Å². The van der Waals surface area contributed by atoms with Gasteiger partial charge in [0.2, 0.25) is 5.91 Å². The smallest absolute Gasteiger partial charge is 0.223 e. The Labute approximate surface area is 161 Å². The fourth-order valence-corrected chi connectivity index (χ4v) is 5.99. The number of nitrogens with zero attached hydrogens (tertiary/aromatic N) is 2. The zero-order chi connectivity index (χ0) is 18.4. The molecule has 2 fully saturated rings. The molecule has 2 saturated heterocycles. The van der Waals surface area contributed by atoms with Gasteiger partial charge in [-0.25, -0.2) is 8.42 Å². The van der Waals surface area contributed by atoms with E-state index in [2.05, 4.69) is 4.90 Å². The predicted octanol–water partition coefficient (Wildman–Crippen LogP) is 2.28. The third-order valence-electron chi connectivity index (χ3n) is 5.11. The number of benzene rings is 1. The molecule has 0 spiro atoms. The van der Waals surface area contributed by atoms with Crippen LogP contribution in [0.3, 0.4) is 0 Å². The number of likely N-dealkylation sites (tertiary alicyclic amines) is 1. The van der Waals surface area contributed by atoms with Crippen LogP contribution in [-0.4, -0.2) is 73.6 Å². The first-order chi connectivity index (χ1) is 12.6. The minimum Gasteiger partial charge on any atom is -0.338 e. The number of sulfone groups is 1. The second-order valence-electron chi connectivity index (χ2n) is 7.06. The van der Waals surface area contributed by atoms with Gasteiger partial charge in [0.15, 0.2) is 9.84 Å². The molecule has 0 radical (unpaired) electrons. The summed E-state index contributed by atoms with van der Waals surface area (Å²) in [5.41, 5.74) is 0. The van der Waals surface area contributed by atoms with Crippen molar-refractivity contribution in [1.82, 2.24) is 9.80 Å². The van der Waals surface area contributed by atoms with E-state index in [1.165, 1.54) is 12.8 Å². The predicted molar refractivity (Wildman–Crippen MR) is 106 cm³/mol. The first-order valence-corrected chi connectivity index (χ1v) is 12.2. The van der Waals surface area contributed by atoms with Crippen LogP contribution in [0.1, 0.15) is 25.7 Å². The van der Waals surface area contributed by atoms with Crippen LogP contribution < -0.4 is 0 Å². The molecule has 3 rings (SSSR count). The van der Waals surface area contributed by atoms with E-state index in [-0.39, 0.29) is 24.1 Å². The molecule has 7 heteroatoms. The fourth-order valence-electron chi connectivity index (χ4n) is 3.68. The molecule has 26 heavy (non-hydrogen) atoms. The largest absolute Gasteiger partial charge is 0.338 e. The Kier molecular flexibility index (Phi) is 7.00. The van der Waals surface area contributed by atoms with E-state index in [9.17, 15) is 13.2 Å². The summed E-state index contributed by atoms with van der Waals surface area (Å²) in [5.74, 6) is 1.89. The van der Waals surface area contributed by atoms with Crippen LogP contribution in [0.4, 0.5) is 0 Å². The maximum absolute atomic E-state index is 12.8. The molecule has 0 bridgehead atoms. The summed E-state index contributed by atoms with van der Waals surface area (Å²) in [5, 5.41) is 0. The van der Waals surface area contributed by atoms with Crippen LogP contribution in [0, 0.1) is 0 Å². The normalized spacial score (nSPS) is 22.3. The van der Waals surface area contributed by atoms with E-state index >= 15 is 0 Å². The van der Waals surface area contributed by atoms with Crippen LogP contribution in [-0.2, 0) is 14.6 Å². The average Bonchev–Trinajstić information content (AvgIpc) is 3.05. The Hall–Kier alpha value is -1.05. The number of amides is 1. The van der Waals surface area contributed by atoms with Crippen LogP contribution >= 0.6 is 11.8 Å². The van der Waals surface area contributed by atoms with Crippen molar-refractivity contribution in [3.63, 3.8) is 0 Å². The van der Waals surface area contributed by atoms with Crippen molar-refractivity contribution in [1.29, 1.82) is 0 Å². The second kappa shape index (κ2) is 9.24. The van der Waals surface area contributed by atoms with E-state index in [4.69, 9.17) is 0 Å². The molecule has 2 heterocycles. The van der Waals surface area contributed by atoms with E-state index < -0.39 is 9.84 Å². The van der Waals surface area contributed by atoms with Crippen molar-refractivity contribution in [3.05, 3.63) is 30.3 Å². The molecule has 5 nitrogen and oxygen atoms in total. The molecule has 0 aromatic heterocycles. The summed E-state index contributed by atoms with van der Waals surface area (Å²) in [7, 11) is -3.41. The molecule has 0 aliphatic carbocycles. The summed E-state index contributed by atoms with van der Waals surface area (Å²) in [6.07, 6.45) is 3.53. The van der Waals surface area contributed by atoms with Gasteiger partial charge < -0.3 is 9.80 Å². The van der Waals surface area contributed by atoms with E-state index in [0.717, 1.165) is 44.1 Å². The van der Waals surface area contributed by atoms with Crippen LogP contribution in [0.25, 0.3) is 0 Å². The van der Waals surface area contributed by atoms with Gasteiger partial charge in [-0.2, -0.15) is 11.8 Å². The van der Waals surface area contributed by atoms with Crippen LogP contribution in [0.5, 0.6) is 0 Å². The van der Waals surface area contributed by atoms with E-state index in [1.54, 1.807) is 30.3 Å². The standard InChI is InChI=1S/C19H28N2O3S2/c22-19(9-14-26(23,24)18-7-2-1-3-8-18)21-12-6-13-25-16-17(21)15-20-10-4-5-11-20/h1-3,7-8,17H,4-6,9-16H2/t17-/m0/s1. The summed E-state index contributed by atoms with van der Waals surface area (Å²) in [4.78, 5) is 17.5. The minimum absolute atomic E-state index is 0.0174. The Balaban J connectivity index is 1.62. The zero-order valence-electron chi connectivity index (χ0n) is 15.2. The topological polar surface area (TPSA) is 57.7 Å². The molecule has 2 aliphatic heterocycles. The van der Waals surface area contributed by atoms with Gasteiger partial charge in [0, 0.05) is 25.3 Å². The lowest BCUT2D eigenvalue weighted by molar-refractivity contribution is -0.133. The van der Waals surface area contributed by atoms with Gasteiger partial charge in [-0.05, 0) is 50.2 Å². The highest BCUT2D eigenvalue weighted by Gasteiger charge is 2.29. The number of thioether (sulfide) groups is 1. The maximum atomic E-state index is 12.8. The second-order valence-corrected chi connectivity index (χ2v) is 10.3. The lowest BCUT2D eigenvalue weighted by Gasteiger charge is -2.32. The number of rotatable bonds is 6. The molecule has 144 valence electrons. The van der Waals surface area contributed by atoms with Crippen molar-refractivity contribution < 1.29 is 13.2 Å². The quantitative estimate of drug-likeness (QED) is 0.738. The molecule has 1 aromatic rings. The molecular formula is C19H28N2O3S2. The highest BCUT2D eigenvalue weighted by molar-refractivity contribution is 7.99. The zero-order valence-corrected chi connectivity index (χ0v) is 16.8. The summed E-state index contributed by atoms with van der Waals surface area (Å²) in [6.45, 7) is 3.90. The number of hydrogen-bond acceptors (Lipinski definition) is 5. The van der Waals surface area contributed by atoms with Crippen molar-refractivity contribution in [2.75, 3.05) is 43.4 Å². The first kappa shape index (κ1) is 19.7. The number of carbonyl (C=O) groups excluding carboxylic acids is 1. The SMILES string of the molecule is O=C(CCS(=O)(=O)c1ccccc1)N1CCCSC[C@@H]1CN1CCCC1. The van der Waals surface area contributed by atoms with Crippen LogP contribution in [0.15, 0.2) is 35.2 Å². The molecule has 1 aromatic carbocycles. The molecule has 1 amide bonds. The summed E-state index contributed by atoms with van der Waals surface area (Å²) in [6, 6.07) is 8.62. The minimum atomic E-state index is -3.41. The molecule has 0 unspecified atom stereocenters. The van der Waals surface area contributed by atoms with Gasteiger partial charge in [0.1, 0.15) is 0 Å². The maximum Gasteiger partial charge on any atom is 0.223 e. The first-order valence-electron chi connectivity index (χ1n) is 9.44. The molecular weight excluding hydrogens is 368 g/mol. The summed E-state index contributed by atoms with van der Waals surface area (Å²) >= 11 is 1.91. The Bertz CT molecular complexity index is 688. The Morgan fingerprint density at radius 1 is 1.08 bits per heavy atom. The third-order valence-corrected chi connectivity index (χ3v) is 8.04. The highest BCUT2D eigenvalue weighted by atomic mass is 32.2. The Morgan fingerprint density at radius 2 is 1.81 bits per heavy atom. The molecule has 1 atom stereocenters. The summed E-state index contributed by atoms with van der Waals surface area (Å²) < 4.78 is 24.9. The fraction of sp³-hybridized carbons (Fsp3) is 0.632. The van der Waals surface area contributed by atoms with Gasteiger partial charge in [0.05, 0.1) is 16.7 Å².